The maximum atomic E-state index is 2.52. The molecule has 2 rings (SSSR count). The van der Waals surface area contributed by atoms with E-state index in [1.165, 1.54) is 10.6 Å². The summed E-state index contributed by atoms with van der Waals surface area (Å²) in [5.74, 6) is 0. The van der Waals surface area contributed by atoms with E-state index in [0.29, 0.717) is 0 Å². The highest BCUT2D eigenvalue weighted by molar-refractivity contribution is 7.72. The van der Waals surface area contributed by atoms with Crippen LogP contribution in [0.3, 0.4) is 0 Å². The maximum Gasteiger partial charge on any atom is 0.0265 e. The van der Waals surface area contributed by atoms with Gasteiger partial charge in [0.1, 0.15) is 0 Å². The molecule has 0 spiro atoms. The summed E-state index contributed by atoms with van der Waals surface area (Å²) in [6.07, 6.45) is 1.15. The third kappa shape index (κ3) is 3.89. The van der Waals surface area contributed by atoms with Crippen molar-refractivity contribution >= 4 is 18.5 Å². The van der Waals surface area contributed by atoms with Gasteiger partial charge in [0, 0.05) is 6.29 Å². The van der Waals surface area contributed by atoms with Gasteiger partial charge in [-0.15, -0.1) is 0 Å². The first-order valence-electron chi connectivity index (χ1n) is 6.95. The topological polar surface area (TPSA) is 3.24 Å². The van der Waals surface area contributed by atoms with Crippen LogP contribution >= 0.6 is 7.92 Å². The molecular formula is C17H22NP. The number of hydrogen-bond donors (Lipinski definition) is 0. The van der Waals surface area contributed by atoms with Crippen molar-refractivity contribution in [3.05, 3.63) is 60.7 Å². The lowest BCUT2D eigenvalue weighted by Crippen LogP contribution is -2.28. The standard InChI is InChI=1S/C17H22NP/c1-3-18(4-2)15-19(16-11-7-5-8-12-16)17-13-9-6-10-14-17/h5-14H,3-4,15H2,1-2H3. The smallest absolute Gasteiger partial charge is 0.0265 e. The lowest BCUT2D eigenvalue weighted by Gasteiger charge is -2.26. The molecule has 0 aliphatic rings. The summed E-state index contributed by atoms with van der Waals surface area (Å²) in [6, 6.07) is 21.9. The molecule has 0 saturated carbocycles. The van der Waals surface area contributed by atoms with E-state index in [1.54, 1.807) is 0 Å². The van der Waals surface area contributed by atoms with Crippen LogP contribution < -0.4 is 10.6 Å². The van der Waals surface area contributed by atoms with Gasteiger partial charge in [-0.25, -0.2) is 0 Å². The Balaban J connectivity index is 2.29. The molecule has 0 heterocycles. The first-order chi connectivity index (χ1) is 9.35. The number of hydrogen-bond acceptors (Lipinski definition) is 1. The Hall–Kier alpha value is -1.17. The molecule has 0 fully saturated rings. The molecule has 100 valence electrons. The number of rotatable bonds is 6. The Kier molecular flexibility index (Phi) is 5.57. The SMILES string of the molecule is CCN(CC)CP(c1ccccc1)c1ccccc1. The van der Waals surface area contributed by atoms with Gasteiger partial charge in [0.05, 0.1) is 0 Å². The number of nitrogens with zero attached hydrogens (tertiary/aromatic N) is 1. The van der Waals surface area contributed by atoms with Gasteiger partial charge >= 0.3 is 0 Å². The molecule has 0 aromatic heterocycles. The minimum atomic E-state index is -0.276. The van der Waals surface area contributed by atoms with Gasteiger partial charge < -0.3 is 0 Å². The summed E-state index contributed by atoms with van der Waals surface area (Å²) in [6.45, 7) is 6.73. The Morgan fingerprint density at radius 3 is 1.53 bits per heavy atom. The van der Waals surface area contributed by atoms with E-state index in [4.69, 9.17) is 0 Å². The summed E-state index contributed by atoms with van der Waals surface area (Å²) >= 11 is 0. The Morgan fingerprint density at radius 2 is 1.16 bits per heavy atom. The van der Waals surface area contributed by atoms with Gasteiger partial charge in [0.25, 0.3) is 0 Å². The molecule has 0 saturated heterocycles. The van der Waals surface area contributed by atoms with E-state index in [1.807, 2.05) is 0 Å². The minimum Gasteiger partial charge on any atom is -0.299 e. The van der Waals surface area contributed by atoms with Crippen LogP contribution in [-0.4, -0.2) is 24.3 Å². The van der Waals surface area contributed by atoms with Gasteiger partial charge in [-0.2, -0.15) is 0 Å². The fourth-order valence-electron chi connectivity index (χ4n) is 2.15. The van der Waals surface area contributed by atoms with Crippen molar-refractivity contribution < 1.29 is 0 Å². The molecule has 0 bridgehead atoms. The molecule has 2 aromatic rings. The Labute approximate surface area is 118 Å². The van der Waals surface area contributed by atoms with E-state index < -0.39 is 0 Å². The summed E-state index contributed by atoms with van der Waals surface area (Å²) in [7, 11) is -0.276. The third-order valence-electron chi connectivity index (χ3n) is 3.37. The number of benzene rings is 2. The van der Waals surface area contributed by atoms with Crippen molar-refractivity contribution in [3.63, 3.8) is 0 Å². The highest BCUT2D eigenvalue weighted by Gasteiger charge is 2.15. The summed E-state index contributed by atoms with van der Waals surface area (Å²) in [5, 5.41) is 2.94. The van der Waals surface area contributed by atoms with Crippen molar-refractivity contribution in [1.29, 1.82) is 0 Å². The van der Waals surface area contributed by atoms with Crippen LogP contribution in [0.2, 0.25) is 0 Å². The van der Waals surface area contributed by atoms with Gasteiger partial charge in [-0.3, -0.25) is 4.90 Å². The van der Waals surface area contributed by atoms with Crippen LogP contribution in [-0.2, 0) is 0 Å². The molecule has 0 unspecified atom stereocenters. The average Bonchev–Trinajstić information content (AvgIpc) is 2.50. The highest BCUT2D eigenvalue weighted by atomic mass is 31.1. The van der Waals surface area contributed by atoms with E-state index >= 15 is 0 Å². The van der Waals surface area contributed by atoms with E-state index in [0.717, 1.165) is 19.4 Å². The molecule has 0 aliphatic carbocycles. The first-order valence-corrected chi connectivity index (χ1v) is 8.47. The molecule has 0 aliphatic heterocycles. The molecule has 2 aromatic carbocycles. The van der Waals surface area contributed by atoms with E-state index in [-0.39, 0.29) is 7.92 Å². The van der Waals surface area contributed by atoms with Crippen molar-refractivity contribution in [2.45, 2.75) is 13.8 Å². The average molecular weight is 271 g/mol. The van der Waals surface area contributed by atoms with Crippen molar-refractivity contribution in [2.24, 2.45) is 0 Å². The largest absolute Gasteiger partial charge is 0.299 e. The lowest BCUT2D eigenvalue weighted by molar-refractivity contribution is 0.356. The van der Waals surface area contributed by atoms with Gasteiger partial charge in [0.15, 0.2) is 0 Å². The molecule has 19 heavy (non-hydrogen) atoms. The van der Waals surface area contributed by atoms with E-state index in [2.05, 4.69) is 79.4 Å². The Morgan fingerprint density at radius 1 is 0.737 bits per heavy atom. The van der Waals surface area contributed by atoms with Crippen molar-refractivity contribution in [1.82, 2.24) is 4.90 Å². The maximum absolute atomic E-state index is 2.52. The van der Waals surface area contributed by atoms with Gasteiger partial charge in [0.2, 0.25) is 0 Å². The fraction of sp³-hybridized carbons (Fsp3) is 0.294. The normalized spacial score (nSPS) is 11.2. The second-order valence-electron chi connectivity index (χ2n) is 4.54. The third-order valence-corrected chi connectivity index (χ3v) is 5.90. The zero-order chi connectivity index (χ0) is 13.5. The zero-order valence-electron chi connectivity index (χ0n) is 11.8. The predicted molar refractivity (Wildman–Crippen MR) is 86.9 cm³/mol. The quantitative estimate of drug-likeness (QED) is 0.728. The van der Waals surface area contributed by atoms with Crippen molar-refractivity contribution in [2.75, 3.05) is 19.4 Å². The van der Waals surface area contributed by atoms with Crippen LogP contribution in [0.1, 0.15) is 13.8 Å². The molecular weight excluding hydrogens is 249 g/mol. The second kappa shape index (κ2) is 7.43. The van der Waals surface area contributed by atoms with Crippen LogP contribution in [0, 0.1) is 0 Å². The monoisotopic (exact) mass is 271 g/mol. The second-order valence-corrected chi connectivity index (χ2v) is 6.72. The van der Waals surface area contributed by atoms with Gasteiger partial charge in [-0.05, 0) is 31.6 Å². The van der Waals surface area contributed by atoms with Gasteiger partial charge in [-0.1, -0.05) is 74.5 Å². The summed E-state index contributed by atoms with van der Waals surface area (Å²) in [5.41, 5.74) is 0. The molecule has 0 N–H and O–H groups in total. The molecule has 0 atom stereocenters. The molecule has 0 amide bonds. The lowest BCUT2D eigenvalue weighted by atomic mass is 10.4. The Bertz CT molecular complexity index is 426. The van der Waals surface area contributed by atoms with E-state index in [9.17, 15) is 0 Å². The zero-order valence-corrected chi connectivity index (χ0v) is 12.7. The summed E-state index contributed by atoms with van der Waals surface area (Å²) < 4.78 is 0. The van der Waals surface area contributed by atoms with Crippen molar-refractivity contribution in [3.8, 4) is 0 Å². The van der Waals surface area contributed by atoms with Crippen LogP contribution in [0.5, 0.6) is 0 Å². The van der Waals surface area contributed by atoms with Crippen LogP contribution in [0.15, 0.2) is 60.7 Å². The van der Waals surface area contributed by atoms with Crippen LogP contribution in [0.4, 0.5) is 0 Å². The molecule has 1 nitrogen and oxygen atoms in total. The summed E-state index contributed by atoms with van der Waals surface area (Å²) in [4.78, 5) is 2.52. The highest BCUT2D eigenvalue weighted by Crippen LogP contribution is 2.33. The minimum absolute atomic E-state index is 0.276. The fourth-order valence-corrected chi connectivity index (χ4v) is 4.64. The van der Waals surface area contributed by atoms with Crippen LogP contribution in [0.25, 0.3) is 0 Å². The molecule has 0 radical (unpaired) electrons. The predicted octanol–water partition coefficient (Wildman–Crippen LogP) is 3.42. The molecule has 2 heteroatoms. The first kappa shape index (κ1) is 14.2.